The number of hydrogen-bond acceptors (Lipinski definition) is 6. The molecule has 1 aliphatic rings. The molecule has 1 fully saturated rings. The van der Waals surface area contributed by atoms with Gasteiger partial charge in [0, 0.05) is 18.5 Å². The minimum absolute atomic E-state index is 0.166. The van der Waals surface area contributed by atoms with Gasteiger partial charge in [0.2, 0.25) is 0 Å². The molecule has 0 bridgehead atoms. The fourth-order valence-corrected chi connectivity index (χ4v) is 4.98. The lowest BCUT2D eigenvalue weighted by atomic mass is 9.81. The first-order valence-electron chi connectivity index (χ1n) is 12.2. The predicted molar refractivity (Wildman–Crippen MR) is 138 cm³/mol. The molecule has 0 aliphatic carbocycles. The number of nitrogens with zero attached hydrogens (tertiary/aromatic N) is 2. The Morgan fingerprint density at radius 2 is 2.03 bits per heavy atom. The molecule has 0 radical (unpaired) electrons. The van der Waals surface area contributed by atoms with Crippen LogP contribution in [0.1, 0.15) is 36.5 Å². The first-order valence-corrected chi connectivity index (χ1v) is 12.2. The summed E-state index contributed by atoms with van der Waals surface area (Å²) >= 11 is 0. The minimum atomic E-state index is -0.641. The molecule has 4 rings (SSSR count). The van der Waals surface area contributed by atoms with Crippen molar-refractivity contribution in [2.45, 2.75) is 25.4 Å². The smallest absolute Gasteiger partial charge is 0.310 e. The molecule has 3 atom stereocenters. The molecule has 1 unspecified atom stereocenters. The quantitative estimate of drug-likeness (QED) is 0.446. The van der Waals surface area contributed by atoms with Crippen molar-refractivity contribution in [1.82, 2.24) is 9.88 Å². The van der Waals surface area contributed by atoms with Gasteiger partial charge in [0.25, 0.3) is 0 Å². The topological polar surface area (TPSA) is 71.9 Å². The van der Waals surface area contributed by atoms with Crippen LogP contribution in [0.2, 0.25) is 0 Å². The lowest BCUT2D eigenvalue weighted by molar-refractivity contribution is -0.150. The number of pyridine rings is 1. The zero-order chi connectivity index (χ0) is 24.6. The Morgan fingerprint density at radius 1 is 1.20 bits per heavy atom. The van der Waals surface area contributed by atoms with Gasteiger partial charge in [0.15, 0.2) is 0 Å². The highest BCUT2D eigenvalue weighted by Crippen LogP contribution is 2.34. The molecular weight excluding hydrogens is 440 g/mol. The van der Waals surface area contributed by atoms with E-state index in [0.717, 1.165) is 42.4 Å². The van der Waals surface area contributed by atoms with Gasteiger partial charge in [-0.15, -0.1) is 0 Å². The molecule has 6 heteroatoms. The third-order valence-corrected chi connectivity index (χ3v) is 6.96. The number of fused-ring (bicyclic) bond motifs is 1. The van der Waals surface area contributed by atoms with Crippen LogP contribution in [0.15, 0.2) is 66.9 Å². The fraction of sp³-hybridized carbons (Fsp3) is 0.379. The highest BCUT2D eigenvalue weighted by Gasteiger charge is 2.35. The molecule has 35 heavy (non-hydrogen) atoms. The van der Waals surface area contributed by atoms with Gasteiger partial charge in [-0.2, -0.15) is 0 Å². The van der Waals surface area contributed by atoms with Crippen molar-refractivity contribution < 1.29 is 19.4 Å². The van der Waals surface area contributed by atoms with Gasteiger partial charge >= 0.3 is 5.97 Å². The Balaban J connectivity index is 1.39. The summed E-state index contributed by atoms with van der Waals surface area (Å²) in [5.74, 6) is 0.478. The largest absolute Gasteiger partial charge is 0.495 e. The van der Waals surface area contributed by atoms with E-state index in [1.165, 1.54) is 12.7 Å². The number of methoxy groups -OCH3 is 2. The van der Waals surface area contributed by atoms with E-state index in [0.29, 0.717) is 18.7 Å². The molecule has 0 saturated carbocycles. The molecule has 184 valence electrons. The van der Waals surface area contributed by atoms with Crippen LogP contribution < -0.4 is 4.74 Å². The summed E-state index contributed by atoms with van der Waals surface area (Å²) in [6.45, 7) is 2.38. The summed E-state index contributed by atoms with van der Waals surface area (Å²) in [4.78, 5) is 19.4. The van der Waals surface area contributed by atoms with Crippen LogP contribution in [0.5, 0.6) is 5.75 Å². The van der Waals surface area contributed by atoms with Gasteiger partial charge in [-0.3, -0.25) is 14.7 Å². The number of piperidine rings is 1. The Labute approximate surface area is 207 Å². The number of rotatable bonds is 9. The van der Waals surface area contributed by atoms with Crippen LogP contribution >= 0.6 is 0 Å². The van der Waals surface area contributed by atoms with E-state index in [1.54, 1.807) is 13.3 Å². The Hall–Kier alpha value is -3.22. The van der Waals surface area contributed by atoms with Gasteiger partial charge in [0.1, 0.15) is 5.75 Å². The summed E-state index contributed by atoms with van der Waals surface area (Å²) < 4.78 is 10.5. The van der Waals surface area contributed by atoms with E-state index in [2.05, 4.69) is 34.2 Å². The second-order valence-electron chi connectivity index (χ2n) is 9.13. The number of aliphatic hydroxyl groups excluding tert-OH is 1. The van der Waals surface area contributed by atoms with Crippen molar-refractivity contribution in [1.29, 1.82) is 0 Å². The van der Waals surface area contributed by atoms with Crippen LogP contribution in [-0.4, -0.2) is 54.8 Å². The summed E-state index contributed by atoms with van der Waals surface area (Å²) in [7, 11) is 3.07. The van der Waals surface area contributed by atoms with Gasteiger partial charge in [0.05, 0.1) is 38.0 Å². The zero-order valence-electron chi connectivity index (χ0n) is 20.5. The van der Waals surface area contributed by atoms with E-state index >= 15 is 0 Å². The van der Waals surface area contributed by atoms with Gasteiger partial charge in [-0.25, -0.2) is 0 Å². The van der Waals surface area contributed by atoms with Crippen molar-refractivity contribution in [3.05, 3.63) is 78.0 Å². The van der Waals surface area contributed by atoms with E-state index in [-0.39, 0.29) is 17.8 Å². The van der Waals surface area contributed by atoms with Crippen molar-refractivity contribution in [3.8, 4) is 5.75 Å². The Morgan fingerprint density at radius 3 is 2.80 bits per heavy atom. The molecule has 3 aromatic rings. The average Bonchev–Trinajstić information content (AvgIpc) is 2.91. The monoisotopic (exact) mass is 474 g/mol. The third-order valence-electron chi connectivity index (χ3n) is 6.96. The fourth-order valence-electron chi connectivity index (χ4n) is 4.98. The van der Waals surface area contributed by atoms with Crippen molar-refractivity contribution in [2.75, 3.05) is 33.9 Å². The second-order valence-corrected chi connectivity index (χ2v) is 9.13. The standard InChI is InChI=1S/C29H34N2O4/c1-34-23-18-25-24(11-6-12-27(25)30-19-23)28(32)14-13-22-15-17-31(20-26(22)29(33)35-2)16-7-10-21-8-4-3-5-9-21/h3-12,18-19,22,26,28,32H,13-17,20H2,1-2H3/t22-,26+,28?/m1/s1. The number of esters is 1. The highest BCUT2D eigenvalue weighted by molar-refractivity contribution is 5.83. The maximum atomic E-state index is 12.6. The number of carbonyl (C=O) groups is 1. The van der Waals surface area contributed by atoms with Crippen molar-refractivity contribution >= 4 is 22.9 Å². The number of ether oxygens (including phenoxy) is 2. The SMILES string of the molecule is COC(=O)[C@H]1CN(CC=Cc2ccccc2)CC[C@H]1CCC(O)c1cccc2ncc(OC)cc12. The number of carbonyl (C=O) groups excluding carboxylic acids is 1. The van der Waals surface area contributed by atoms with Crippen LogP contribution in [0, 0.1) is 11.8 Å². The van der Waals surface area contributed by atoms with Crippen LogP contribution in [-0.2, 0) is 9.53 Å². The number of aliphatic hydroxyl groups is 1. The molecule has 6 nitrogen and oxygen atoms in total. The molecule has 2 aromatic carbocycles. The molecule has 1 saturated heterocycles. The number of likely N-dealkylation sites (tertiary alicyclic amines) is 1. The number of benzene rings is 2. The lowest BCUT2D eigenvalue weighted by Gasteiger charge is -2.37. The molecule has 2 heterocycles. The normalized spacial score (nSPS) is 19.6. The summed E-state index contributed by atoms with van der Waals surface area (Å²) in [5, 5.41) is 12.0. The first-order chi connectivity index (χ1) is 17.1. The van der Waals surface area contributed by atoms with Crippen molar-refractivity contribution in [2.24, 2.45) is 11.8 Å². The van der Waals surface area contributed by atoms with Gasteiger partial charge < -0.3 is 14.6 Å². The minimum Gasteiger partial charge on any atom is -0.495 e. The van der Waals surface area contributed by atoms with Crippen molar-refractivity contribution in [3.63, 3.8) is 0 Å². The van der Waals surface area contributed by atoms with E-state index in [4.69, 9.17) is 9.47 Å². The zero-order valence-corrected chi connectivity index (χ0v) is 20.5. The number of hydrogen-bond donors (Lipinski definition) is 1. The predicted octanol–water partition coefficient (Wildman–Crippen LogP) is 4.88. The van der Waals surface area contributed by atoms with E-state index < -0.39 is 6.10 Å². The third kappa shape index (κ3) is 6.27. The lowest BCUT2D eigenvalue weighted by Crippen LogP contribution is -2.44. The molecule has 1 aromatic heterocycles. The summed E-state index contributed by atoms with van der Waals surface area (Å²) in [6.07, 6.45) is 7.53. The van der Waals surface area contributed by atoms with Crippen LogP contribution in [0.4, 0.5) is 0 Å². The Bertz CT molecular complexity index is 1150. The maximum absolute atomic E-state index is 12.6. The second kappa shape index (κ2) is 12.0. The maximum Gasteiger partial charge on any atom is 0.310 e. The number of aromatic nitrogens is 1. The molecular formula is C29H34N2O4. The summed E-state index contributed by atoms with van der Waals surface area (Å²) in [5.41, 5.74) is 2.83. The molecule has 1 N–H and O–H groups in total. The molecule has 0 amide bonds. The molecule has 0 spiro atoms. The Kier molecular flexibility index (Phi) is 8.50. The highest BCUT2D eigenvalue weighted by atomic mass is 16.5. The van der Waals surface area contributed by atoms with Crippen LogP contribution in [0.3, 0.4) is 0 Å². The first kappa shape index (κ1) is 24.9. The van der Waals surface area contributed by atoms with E-state index in [9.17, 15) is 9.90 Å². The average molecular weight is 475 g/mol. The van der Waals surface area contributed by atoms with E-state index in [1.807, 2.05) is 42.5 Å². The van der Waals surface area contributed by atoms with Crippen LogP contribution in [0.25, 0.3) is 17.0 Å². The van der Waals surface area contributed by atoms with Gasteiger partial charge in [-0.1, -0.05) is 54.6 Å². The molecule has 1 aliphatic heterocycles. The summed E-state index contributed by atoms with van der Waals surface area (Å²) in [6, 6.07) is 17.9. The van der Waals surface area contributed by atoms with Gasteiger partial charge in [-0.05, 0) is 55.0 Å².